The van der Waals surface area contributed by atoms with Crippen LogP contribution in [0, 0.1) is 24.1 Å². The highest BCUT2D eigenvalue weighted by molar-refractivity contribution is 5.87. The summed E-state index contributed by atoms with van der Waals surface area (Å²) < 4.78 is 14.9. The minimum absolute atomic E-state index is 0.0377. The third-order valence-corrected chi connectivity index (χ3v) is 4.02. The molecule has 2 aromatic rings. The summed E-state index contributed by atoms with van der Waals surface area (Å²) in [5, 5.41) is 19.8. The summed E-state index contributed by atoms with van der Waals surface area (Å²) in [4.78, 5) is 16.4. The zero-order valence-corrected chi connectivity index (χ0v) is 14.3. The number of halogens is 1. The second-order valence-electron chi connectivity index (χ2n) is 5.72. The Morgan fingerprint density at radius 1 is 1.36 bits per heavy atom. The van der Waals surface area contributed by atoms with Crippen molar-refractivity contribution in [3.05, 3.63) is 57.1 Å². The van der Waals surface area contributed by atoms with Gasteiger partial charge in [-0.1, -0.05) is 31.9 Å². The quantitative estimate of drug-likeness (QED) is 0.641. The van der Waals surface area contributed by atoms with E-state index >= 15 is 0 Å². The first-order valence-electron chi connectivity index (χ1n) is 8.16. The average molecular weight is 341 g/mol. The van der Waals surface area contributed by atoms with Crippen molar-refractivity contribution >= 4 is 11.9 Å². The molecule has 0 unspecified atom stereocenters. The molecule has 1 N–H and O–H groups in total. The fraction of sp³-hybridized carbons (Fsp3) is 0.316. The van der Waals surface area contributed by atoms with Gasteiger partial charge in [-0.05, 0) is 31.0 Å². The first kappa shape index (κ1) is 18.4. The molecule has 6 heteroatoms. The number of pyridine rings is 1. The molecule has 0 saturated carbocycles. The topological polar surface area (TPSA) is 78.4 Å². The first-order chi connectivity index (χ1) is 12.0. The van der Waals surface area contributed by atoms with Crippen LogP contribution in [-0.4, -0.2) is 15.9 Å². The Morgan fingerprint density at radius 3 is 2.72 bits per heavy atom. The van der Waals surface area contributed by atoms with Crippen LogP contribution in [-0.2, 0) is 6.54 Å². The number of aromatic nitrogens is 1. The van der Waals surface area contributed by atoms with Gasteiger partial charge in [-0.25, -0.2) is 4.39 Å². The van der Waals surface area contributed by atoms with Gasteiger partial charge < -0.3 is 5.11 Å². The molecule has 0 fully saturated rings. The van der Waals surface area contributed by atoms with Crippen molar-refractivity contribution in [3.63, 3.8) is 0 Å². The van der Waals surface area contributed by atoms with E-state index < -0.39 is 11.4 Å². The summed E-state index contributed by atoms with van der Waals surface area (Å²) >= 11 is 0. The van der Waals surface area contributed by atoms with E-state index in [0.29, 0.717) is 18.5 Å². The van der Waals surface area contributed by atoms with Crippen molar-refractivity contribution in [3.8, 4) is 11.9 Å². The van der Waals surface area contributed by atoms with E-state index in [2.05, 4.69) is 4.99 Å². The number of unbranched alkanes of at least 4 members (excludes halogenated alkanes) is 2. The van der Waals surface area contributed by atoms with Gasteiger partial charge in [0.15, 0.2) is 0 Å². The average Bonchev–Trinajstić information content (AvgIpc) is 2.59. The molecule has 1 aromatic heterocycles. The lowest BCUT2D eigenvalue weighted by atomic mass is 10.1. The summed E-state index contributed by atoms with van der Waals surface area (Å²) in [5.41, 5.74) is 0.136. The Kier molecular flexibility index (Phi) is 6.07. The highest BCUT2D eigenvalue weighted by Crippen LogP contribution is 2.22. The van der Waals surface area contributed by atoms with Crippen molar-refractivity contribution in [1.29, 1.82) is 5.26 Å². The van der Waals surface area contributed by atoms with Crippen molar-refractivity contribution in [2.45, 2.75) is 39.7 Å². The van der Waals surface area contributed by atoms with Crippen LogP contribution in [0.25, 0.3) is 0 Å². The minimum Gasteiger partial charge on any atom is -0.494 e. The number of hydrogen-bond donors (Lipinski definition) is 1. The van der Waals surface area contributed by atoms with Crippen LogP contribution in [0.1, 0.15) is 42.9 Å². The minimum atomic E-state index is -0.517. The highest BCUT2D eigenvalue weighted by Gasteiger charge is 2.17. The van der Waals surface area contributed by atoms with E-state index in [1.165, 1.54) is 22.9 Å². The monoisotopic (exact) mass is 341 g/mol. The molecule has 0 saturated heterocycles. The van der Waals surface area contributed by atoms with E-state index in [9.17, 15) is 19.6 Å². The summed E-state index contributed by atoms with van der Waals surface area (Å²) in [6.07, 6.45) is 3.87. The molecule has 0 bridgehead atoms. The number of nitriles is 1. The number of hydrogen-bond acceptors (Lipinski definition) is 4. The smallest absolute Gasteiger partial charge is 0.271 e. The first-order valence-corrected chi connectivity index (χ1v) is 8.16. The molecule has 0 spiro atoms. The van der Waals surface area contributed by atoms with E-state index in [4.69, 9.17) is 0 Å². The number of nitrogens with zero attached hydrogens (tertiary/aromatic N) is 3. The van der Waals surface area contributed by atoms with Gasteiger partial charge in [0.1, 0.15) is 17.4 Å². The van der Waals surface area contributed by atoms with E-state index in [-0.39, 0.29) is 22.7 Å². The Hall–Kier alpha value is -2.94. The van der Waals surface area contributed by atoms with Crippen molar-refractivity contribution in [2.24, 2.45) is 4.99 Å². The highest BCUT2D eigenvalue weighted by atomic mass is 19.1. The molecule has 1 aromatic carbocycles. The lowest BCUT2D eigenvalue weighted by molar-refractivity contribution is 0.398. The molecule has 0 aliphatic heterocycles. The summed E-state index contributed by atoms with van der Waals surface area (Å²) in [7, 11) is 0. The lowest BCUT2D eigenvalue weighted by Crippen LogP contribution is -2.25. The zero-order valence-electron chi connectivity index (χ0n) is 14.3. The van der Waals surface area contributed by atoms with Crippen molar-refractivity contribution in [2.75, 3.05) is 0 Å². The van der Waals surface area contributed by atoms with Crippen LogP contribution in [0.5, 0.6) is 5.88 Å². The summed E-state index contributed by atoms with van der Waals surface area (Å²) in [6, 6.07) is 7.88. The van der Waals surface area contributed by atoms with Gasteiger partial charge in [-0.2, -0.15) is 5.26 Å². The van der Waals surface area contributed by atoms with Crippen LogP contribution in [0.2, 0.25) is 0 Å². The molecule has 0 amide bonds. The van der Waals surface area contributed by atoms with Crippen molar-refractivity contribution in [1.82, 2.24) is 4.57 Å². The van der Waals surface area contributed by atoms with Crippen LogP contribution < -0.4 is 5.56 Å². The fourth-order valence-electron chi connectivity index (χ4n) is 2.54. The summed E-state index contributed by atoms with van der Waals surface area (Å²) in [5.74, 6) is -0.745. The van der Waals surface area contributed by atoms with E-state index in [1.807, 2.05) is 13.0 Å². The molecule has 5 nitrogen and oxygen atoms in total. The van der Waals surface area contributed by atoms with Gasteiger partial charge in [0.05, 0.1) is 11.3 Å². The van der Waals surface area contributed by atoms with Gasteiger partial charge in [-0.3, -0.25) is 14.4 Å². The fourth-order valence-corrected chi connectivity index (χ4v) is 2.54. The molecule has 0 aliphatic carbocycles. The number of para-hydroxylation sites is 1. The molecule has 130 valence electrons. The Morgan fingerprint density at radius 2 is 2.08 bits per heavy atom. The molecule has 25 heavy (non-hydrogen) atoms. The lowest BCUT2D eigenvalue weighted by Gasteiger charge is -2.13. The maximum atomic E-state index is 13.7. The predicted molar refractivity (Wildman–Crippen MR) is 95.0 cm³/mol. The summed E-state index contributed by atoms with van der Waals surface area (Å²) in [6.45, 7) is 3.91. The van der Waals surface area contributed by atoms with Crippen LogP contribution >= 0.6 is 0 Å². The van der Waals surface area contributed by atoms with Gasteiger partial charge in [0, 0.05) is 12.8 Å². The molecule has 0 aliphatic rings. The number of aliphatic imine (C=N–C) groups is 1. The Bertz CT molecular complexity index is 895. The second kappa shape index (κ2) is 8.25. The Balaban J connectivity index is 2.53. The zero-order chi connectivity index (χ0) is 18.4. The van der Waals surface area contributed by atoms with Gasteiger partial charge in [-0.15, -0.1) is 0 Å². The van der Waals surface area contributed by atoms with Crippen LogP contribution in [0.15, 0.2) is 34.1 Å². The Labute approximate surface area is 145 Å². The molecule has 0 radical (unpaired) electrons. The molecular weight excluding hydrogens is 321 g/mol. The van der Waals surface area contributed by atoms with Crippen LogP contribution in [0.4, 0.5) is 10.1 Å². The van der Waals surface area contributed by atoms with Gasteiger partial charge >= 0.3 is 0 Å². The van der Waals surface area contributed by atoms with Crippen LogP contribution in [0.3, 0.4) is 0 Å². The normalized spacial score (nSPS) is 11.0. The van der Waals surface area contributed by atoms with Crippen molar-refractivity contribution < 1.29 is 9.50 Å². The van der Waals surface area contributed by atoms with E-state index in [0.717, 1.165) is 12.8 Å². The second-order valence-corrected chi connectivity index (χ2v) is 5.72. The molecule has 1 heterocycles. The largest absolute Gasteiger partial charge is 0.494 e. The van der Waals surface area contributed by atoms with E-state index in [1.54, 1.807) is 19.1 Å². The number of aromatic hydroxyl groups is 1. The van der Waals surface area contributed by atoms with Gasteiger partial charge in [0.25, 0.3) is 5.56 Å². The third-order valence-electron chi connectivity index (χ3n) is 4.02. The molecular formula is C19H20FN3O2. The third kappa shape index (κ3) is 3.94. The van der Waals surface area contributed by atoms with Gasteiger partial charge in [0.2, 0.25) is 5.88 Å². The predicted octanol–water partition coefficient (Wildman–Crippen LogP) is 3.81. The standard InChI is InChI=1S/C19H20FN3O2/c1-3-4-7-10-23-18(24)14(11-21)13(2)15(19(23)25)12-22-17-9-6-5-8-16(17)20/h5-6,8-9,12,25H,3-4,7,10H2,1-2H3. The maximum absolute atomic E-state index is 13.7. The number of rotatable bonds is 6. The SMILES string of the molecule is CCCCCn1c(O)c(C=Nc2ccccc2F)c(C)c(C#N)c1=O. The molecule has 0 atom stereocenters. The maximum Gasteiger partial charge on any atom is 0.271 e. The molecule has 2 rings (SSSR count). The number of benzene rings is 1.